The molecule has 4 heteroatoms. The minimum Gasteiger partial charge on any atom is -0.463 e. The standard InChI is InChI=1S/C7H8O4/c1-11-7(10)6(9)5(8)4-2-3-4/h4H,2-3H2,1H3. The van der Waals surface area contributed by atoms with Gasteiger partial charge in [-0.2, -0.15) is 0 Å². The summed E-state index contributed by atoms with van der Waals surface area (Å²) in [7, 11) is 1.08. The van der Waals surface area contributed by atoms with Gasteiger partial charge in [0, 0.05) is 5.92 Å². The summed E-state index contributed by atoms with van der Waals surface area (Å²) >= 11 is 0. The normalized spacial score (nSPS) is 15.7. The maximum absolute atomic E-state index is 10.9. The van der Waals surface area contributed by atoms with Crippen molar-refractivity contribution in [1.82, 2.24) is 0 Å². The molecule has 0 amide bonds. The molecule has 0 aromatic rings. The average Bonchev–Trinajstić information content (AvgIpc) is 2.82. The molecular formula is C7H8O4. The van der Waals surface area contributed by atoms with E-state index in [1.165, 1.54) is 0 Å². The number of ether oxygens (including phenoxy) is 1. The summed E-state index contributed by atoms with van der Waals surface area (Å²) in [6.45, 7) is 0. The van der Waals surface area contributed by atoms with E-state index in [-0.39, 0.29) is 5.92 Å². The fourth-order valence-electron chi connectivity index (χ4n) is 0.724. The highest BCUT2D eigenvalue weighted by Gasteiger charge is 2.37. The van der Waals surface area contributed by atoms with E-state index in [0.29, 0.717) is 0 Å². The van der Waals surface area contributed by atoms with Gasteiger partial charge in [0.15, 0.2) is 0 Å². The van der Waals surface area contributed by atoms with Gasteiger partial charge in [0.1, 0.15) is 0 Å². The molecule has 0 radical (unpaired) electrons. The molecule has 1 rings (SSSR count). The fourth-order valence-corrected chi connectivity index (χ4v) is 0.724. The highest BCUT2D eigenvalue weighted by atomic mass is 16.5. The highest BCUT2D eigenvalue weighted by molar-refractivity contribution is 6.62. The van der Waals surface area contributed by atoms with Crippen molar-refractivity contribution in [2.75, 3.05) is 7.11 Å². The molecular weight excluding hydrogens is 148 g/mol. The van der Waals surface area contributed by atoms with Gasteiger partial charge in [-0.3, -0.25) is 9.59 Å². The van der Waals surface area contributed by atoms with Crippen molar-refractivity contribution in [3.63, 3.8) is 0 Å². The molecule has 1 fully saturated rings. The Balaban J connectivity index is 2.52. The maximum Gasteiger partial charge on any atom is 0.382 e. The summed E-state index contributed by atoms with van der Waals surface area (Å²) in [6, 6.07) is 0. The molecule has 0 saturated heterocycles. The van der Waals surface area contributed by atoms with E-state index in [0.717, 1.165) is 20.0 Å². The molecule has 0 unspecified atom stereocenters. The predicted molar refractivity (Wildman–Crippen MR) is 34.8 cm³/mol. The van der Waals surface area contributed by atoms with Crippen LogP contribution in [0.3, 0.4) is 0 Å². The summed E-state index contributed by atoms with van der Waals surface area (Å²) < 4.78 is 4.10. The van der Waals surface area contributed by atoms with Gasteiger partial charge in [-0.15, -0.1) is 0 Å². The Morgan fingerprint density at radius 1 is 1.27 bits per heavy atom. The Hall–Kier alpha value is -1.19. The summed E-state index contributed by atoms with van der Waals surface area (Å²) in [6.07, 6.45) is 1.45. The van der Waals surface area contributed by atoms with Crippen LogP contribution in [0.15, 0.2) is 0 Å². The zero-order chi connectivity index (χ0) is 8.43. The summed E-state index contributed by atoms with van der Waals surface area (Å²) in [4.78, 5) is 32.1. The Bertz CT molecular complexity index is 214. The minimum absolute atomic E-state index is 0.207. The van der Waals surface area contributed by atoms with Crippen molar-refractivity contribution < 1.29 is 19.1 Å². The van der Waals surface area contributed by atoms with Crippen LogP contribution in [-0.2, 0) is 19.1 Å². The fraction of sp³-hybridized carbons (Fsp3) is 0.571. The van der Waals surface area contributed by atoms with Crippen molar-refractivity contribution >= 4 is 17.5 Å². The summed E-state index contributed by atoms with van der Waals surface area (Å²) in [5, 5.41) is 0. The van der Waals surface area contributed by atoms with Gasteiger partial charge in [-0.25, -0.2) is 4.79 Å². The topological polar surface area (TPSA) is 60.4 Å². The first kappa shape index (κ1) is 7.91. The largest absolute Gasteiger partial charge is 0.463 e. The molecule has 0 spiro atoms. The van der Waals surface area contributed by atoms with Gasteiger partial charge >= 0.3 is 11.8 Å². The van der Waals surface area contributed by atoms with Crippen molar-refractivity contribution in [3.8, 4) is 0 Å². The molecule has 11 heavy (non-hydrogen) atoms. The monoisotopic (exact) mass is 156 g/mol. The van der Waals surface area contributed by atoms with Crippen LogP contribution in [0.1, 0.15) is 12.8 Å². The van der Waals surface area contributed by atoms with Crippen LogP contribution >= 0.6 is 0 Å². The second kappa shape index (κ2) is 2.82. The Kier molecular flexibility index (Phi) is 2.03. The van der Waals surface area contributed by atoms with Crippen LogP contribution in [0.4, 0.5) is 0 Å². The molecule has 0 bridgehead atoms. The number of rotatable bonds is 3. The molecule has 4 nitrogen and oxygen atoms in total. The third kappa shape index (κ3) is 1.63. The molecule has 1 saturated carbocycles. The van der Waals surface area contributed by atoms with Crippen molar-refractivity contribution in [2.45, 2.75) is 12.8 Å². The van der Waals surface area contributed by atoms with Crippen molar-refractivity contribution in [2.24, 2.45) is 5.92 Å². The molecule has 0 heterocycles. The lowest BCUT2D eigenvalue weighted by molar-refractivity contribution is -0.155. The van der Waals surface area contributed by atoms with Crippen LogP contribution in [-0.4, -0.2) is 24.6 Å². The number of carbonyl (C=O) groups excluding carboxylic acids is 3. The second-order valence-electron chi connectivity index (χ2n) is 2.46. The predicted octanol–water partition coefficient (Wildman–Crippen LogP) is -0.292. The number of Topliss-reactive ketones (excluding diaryl/α,β-unsaturated/α-hetero) is 2. The van der Waals surface area contributed by atoms with E-state index >= 15 is 0 Å². The lowest BCUT2D eigenvalue weighted by Crippen LogP contribution is -2.26. The molecule has 0 atom stereocenters. The summed E-state index contributed by atoms with van der Waals surface area (Å²) in [5.74, 6) is -2.88. The van der Waals surface area contributed by atoms with Gasteiger partial charge < -0.3 is 4.74 Å². The van der Waals surface area contributed by atoms with Crippen LogP contribution in [0.2, 0.25) is 0 Å². The molecule has 0 aromatic heterocycles. The number of carbonyl (C=O) groups is 3. The van der Waals surface area contributed by atoms with Gasteiger partial charge in [-0.05, 0) is 12.8 Å². The highest BCUT2D eigenvalue weighted by Crippen LogP contribution is 2.29. The second-order valence-corrected chi connectivity index (χ2v) is 2.46. The van der Waals surface area contributed by atoms with Crippen LogP contribution in [0, 0.1) is 5.92 Å². The molecule has 0 aromatic carbocycles. The lowest BCUT2D eigenvalue weighted by atomic mass is 10.2. The Labute approximate surface area is 63.5 Å². The van der Waals surface area contributed by atoms with Crippen molar-refractivity contribution in [1.29, 1.82) is 0 Å². The Morgan fingerprint density at radius 2 is 1.82 bits per heavy atom. The van der Waals surface area contributed by atoms with E-state index in [4.69, 9.17) is 0 Å². The van der Waals surface area contributed by atoms with E-state index < -0.39 is 17.5 Å². The molecule has 0 N–H and O–H groups in total. The molecule has 60 valence electrons. The smallest absolute Gasteiger partial charge is 0.382 e. The first-order valence-corrected chi connectivity index (χ1v) is 3.33. The van der Waals surface area contributed by atoms with Crippen molar-refractivity contribution in [3.05, 3.63) is 0 Å². The van der Waals surface area contributed by atoms with E-state index in [9.17, 15) is 14.4 Å². The third-order valence-electron chi connectivity index (χ3n) is 1.54. The number of hydrogen-bond acceptors (Lipinski definition) is 4. The van der Waals surface area contributed by atoms with Crippen LogP contribution in [0.5, 0.6) is 0 Å². The van der Waals surface area contributed by atoms with Gasteiger partial charge in [0.2, 0.25) is 5.78 Å². The van der Waals surface area contributed by atoms with E-state index in [1.54, 1.807) is 0 Å². The van der Waals surface area contributed by atoms with Gasteiger partial charge in [0.05, 0.1) is 7.11 Å². The zero-order valence-electron chi connectivity index (χ0n) is 6.12. The molecule has 1 aliphatic rings. The van der Waals surface area contributed by atoms with Crippen LogP contribution < -0.4 is 0 Å². The average molecular weight is 156 g/mol. The van der Waals surface area contributed by atoms with Gasteiger partial charge in [0.25, 0.3) is 0 Å². The van der Waals surface area contributed by atoms with E-state index in [2.05, 4.69) is 4.74 Å². The number of hydrogen-bond donors (Lipinski definition) is 0. The first-order chi connectivity index (χ1) is 5.16. The maximum atomic E-state index is 10.9. The Morgan fingerprint density at radius 3 is 2.18 bits per heavy atom. The lowest BCUT2D eigenvalue weighted by Gasteiger charge is -1.94. The quantitative estimate of drug-likeness (QED) is 0.320. The number of esters is 1. The number of methoxy groups -OCH3 is 1. The SMILES string of the molecule is COC(=O)C(=O)C(=O)C1CC1. The third-order valence-corrected chi connectivity index (χ3v) is 1.54. The van der Waals surface area contributed by atoms with Crippen LogP contribution in [0.25, 0.3) is 0 Å². The number of ketones is 2. The minimum atomic E-state index is -1.05. The zero-order valence-corrected chi connectivity index (χ0v) is 6.12. The molecule has 0 aliphatic heterocycles. The first-order valence-electron chi connectivity index (χ1n) is 3.33. The van der Waals surface area contributed by atoms with Gasteiger partial charge in [-0.1, -0.05) is 0 Å². The molecule has 1 aliphatic carbocycles. The summed E-state index contributed by atoms with van der Waals surface area (Å²) in [5.41, 5.74) is 0. The van der Waals surface area contributed by atoms with E-state index in [1.807, 2.05) is 0 Å².